The number of hydrogen-bond donors (Lipinski definition) is 3. The number of rotatable bonds is 8. The molecule has 1 unspecified atom stereocenters. The molecule has 5 amide bonds. The third kappa shape index (κ3) is 4.68. The topological polar surface area (TPSA) is 144 Å². The summed E-state index contributed by atoms with van der Waals surface area (Å²) in [7, 11) is 0. The summed E-state index contributed by atoms with van der Waals surface area (Å²) in [6.07, 6.45) is 0. The number of aryl methyl sites for hydroxylation is 2. The summed E-state index contributed by atoms with van der Waals surface area (Å²) < 4.78 is 10.7. The molecule has 1 saturated heterocycles. The molecule has 1 aliphatic heterocycles. The summed E-state index contributed by atoms with van der Waals surface area (Å²) in [6, 6.07) is 7.77. The van der Waals surface area contributed by atoms with Crippen LogP contribution in [0.5, 0.6) is 5.75 Å². The summed E-state index contributed by atoms with van der Waals surface area (Å²) in [5, 5.41) is 5.33. The van der Waals surface area contributed by atoms with Gasteiger partial charge in [-0.3, -0.25) is 19.3 Å². The molecule has 3 rings (SSSR count). The van der Waals surface area contributed by atoms with Gasteiger partial charge in [0.25, 0.3) is 11.8 Å². The van der Waals surface area contributed by atoms with Gasteiger partial charge in [-0.2, -0.15) is 0 Å². The van der Waals surface area contributed by atoms with E-state index in [2.05, 4.69) is 10.6 Å². The van der Waals surface area contributed by atoms with Crippen LogP contribution in [0.15, 0.2) is 34.7 Å². The first kappa shape index (κ1) is 21.9. The highest BCUT2D eigenvalue weighted by Crippen LogP contribution is 2.32. The molecule has 2 heterocycles. The molecule has 1 aromatic heterocycles. The van der Waals surface area contributed by atoms with Crippen LogP contribution in [0.25, 0.3) is 0 Å². The molecule has 10 heteroatoms. The van der Waals surface area contributed by atoms with Crippen LogP contribution in [0.4, 0.5) is 4.79 Å². The molecule has 0 bridgehead atoms. The molecule has 2 aromatic rings. The zero-order chi connectivity index (χ0) is 22.8. The maximum atomic E-state index is 12.9. The molecule has 0 radical (unpaired) electrons. The van der Waals surface area contributed by atoms with Crippen molar-refractivity contribution < 1.29 is 28.3 Å². The van der Waals surface area contributed by atoms with Crippen molar-refractivity contribution in [3.05, 3.63) is 53.0 Å². The largest absolute Gasteiger partial charge is 0.484 e. The number of nitrogens with zero attached hydrogens (tertiary/aromatic N) is 1. The molecular formula is C21H24N4O6. The lowest BCUT2D eigenvalue weighted by molar-refractivity contribution is -0.134. The van der Waals surface area contributed by atoms with Gasteiger partial charge in [-0.1, -0.05) is 12.1 Å². The van der Waals surface area contributed by atoms with Gasteiger partial charge in [0.15, 0.2) is 6.61 Å². The number of primary amides is 1. The van der Waals surface area contributed by atoms with Gasteiger partial charge in [-0.05, 0) is 44.5 Å². The van der Waals surface area contributed by atoms with Crippen LogP contribution in [-0.4, -0.2) is 41.8 Å². The molecule has 4 N–H and O–H groups in total. The minimum Gasteiger partial charge on any atom is -0.484 e. The van der Waals surface area contributed by atoms with Crippen LogP contribution in [0, 0.1) is 13.8 Å². The standard InChI is InChI=1S/C21H24N4O6/c1-12-8-16(13(2)31-12)21(3)19(28)25(20(29)24-21)10-18(27)23-9-14-4-6-15(7-5-14)30-11-17(22)26/h4-8H,9-11H2,1-3H3,(H2,22,26)(H,23,27)(H,24,29). The summed E-state index contributed by atoms with van der Waals surface area (Å²) in [6.45, 7) is 4.62. The number of nitrogens with one attached hydrogen (secondary N) is 2. The second-order valence-electron chi connectivity index (χ2n) is 7.45. The van der Waals surface area contributed by atoms with Gasteiger partial charge in [0.2, 0.25) is 5.91 Å². The second kappa shape index (κ2) is 8.50. The Balaban J connectivity index is 1.58. The molecular weight excluding hydrogens is 404 g/mol. The van der Waals surface area contributed by atoms with Gasteiger partial charge < -0.3 is 25.5 Å². The Morgan fingerprint density at radius 2 is 1.90 bits per heavy atom. The van der Waals surface area contributed by atoms with Crippen LogP contribution in [-0.2, 0) is 26.5 Å². The molecule has 164 valence electrons. The van der Waals surface area contributed by atoms with E-state index in [1.165, 1.54) is 0 Å². The average Bonchev–Trinajstić information content (AvgIpc) is 3.16. The normalized spacial score (nSPS) is 18.1. The smallest absolute Gasteiger partial charge is 0.325 e. The molecule has 10 nitrogen and oxygen atoms in total. The van der Waals surface area contributed by atoms with Crippen LogP contribution in [0.2, 0.25) is 0 Å². The third-order valence-electron chi connectivity index (χ3n) is 4.95. The van der Waals surface area contributed by atoms with Gasteiger partial charge >= 0.3 is 6.03 Å². The summed E-state index contributed by atoms with van der Waals surface area (Å²) >= 11 is 0. The first-order chi connectivity index (χ1) is 14.6. The molecule has 0 saturated carbocycles. The highest BCUT2D eigenvalue weighted by atomic mass is 16.5. The van der Waals surface area contributed by atoms with Crippen LogP contribution < -0.4 is 21.1 Å². The van der Waals surface area contributed by atoms with Gasteiger partial charge in [-0.25, -0.2) is 4.79 Å². The van der Waals surface area contributed by atoms with E-state index in [9.17, 15) is 19.2 Å². The van der Waals surface area contributed by atoms with Crippen molar-refractivity contribution in [3.63, 3.8) is 0 Å². The lowest BCUT2D eigenvalue weighted by Crippen LogP contribution is -2.43. The third-order valence-corrected chi connectivity index (χ3v) is 4.95. The fourth-order valence-corrected chi connectivity index (χ4v) is 3.41. The number of urea groups is 1. The van der Waals surface area contributed by atoms with Gasteiger partial charge in [-0.15, -0.1) is 0 Å². The predicted molar refractivity (Wildman–Crippen MR) is 109 cm³/mol. The second-order valence-corrected chi connectivity index (χ2v) is 7.45. The van der Waals surface area contributed by atoms with Crippen molar-refractivity contribution in [2.75, 3.05) is 13.2 Å². The lowest BCUT2D eigenvalue weighted by atomic mass is 9.92. The maximum absolute atomic E-state index is 12.9. The van der Waals surface area contributed by atoms with Crippen molar-refractivity contribution in [2.45, 2.75) is 32.9 Å². The molecule has 0 aliphatic carbocycles. The van der Waals surface area contributed by atoms with E-state index in [0.717, 1.165) is 10.5 Å². The van der Waals surface area contributed by atoms with E-state index >= 15 is 0 Å². The summed E-state index contributed by atoms with van der Waals surface area (Å²) in [5.41, 5.74) is 5.06. The average molecular weight is 428 g/mol. The minimum atomic E-state index is -1.29. The summed E-state index contributed by atoms with van der Waals surface area (Å²) in [4.78, 5) is 49.3. The minimum absolute atomic E-state index is 0.190. The van der Waals surface area contributed by atoms with E-state index in [-0.39, 0.29) is 13.2 Å². The number of furan rings is 1. The van der Waals surface area contributed by atoms with Crippen LogP contribution in [0.3, 0.4) is 0 Å². The first-order valence-corrected chi connectivity index (χ1v) is 9.58. The van der Waals surface area contributed by atoms with Gasteiger partial charge in [0.05, 0.1) is 0 Å². The molecule has 1 aromatic carbocycles. The highest BCUT2D eigenvalue weighted by molar-refractivity contribution is 6.09. The number of nitrogens with two attached hydrogens (primary N) is 1. The number of hydrogen-bond acceptors (Lipinski definition) is 6. The molecule has 1 aliphatic rings. The fourth-order valence-electron chi connectivity index (χ4n) is 3.41. The monoisotopic (exact) mass is 428 g/mol. The fraction of sp³-hybridized carbons (Fsp3) is 0.333. The van der Waals surface area contributed by atoms with Gasteiger partial charge in [0.1, 0.15) is 29.4 Å². The van der Waals surface area contributed by atoms with Crippen LogP contribution in [0.1, 0.15) is 29.6 Å². The number of carbonyl (C=O) groups is 4. The number of benzene rings is 1. The maximum Gasteiger partial charge on any atom is 0.325 e. The number of carbonyl (C=O) groups excluding carboxylic acids is 4. The van der Waals surface area contributed by atoms with E-state index in [0.29, 0.717) is 22.8 Å². The Hall–Kier alpha value is -3.82. The van der Waals surface area contributed by atoms with Crippen LogP contribution >= 0.6 is 0 Å². The zero-order valence-electron chi connectivity index (χ0n) is 17.5. The quantitative estimate of drug-likeness (QED) is 0.532. The van der Waals surface area contributed by atoms with Crippen molar-refractivity contribution in [1.82, 2.24) is 15.5 Å². The van der Waals surface area contributed by atoms with Crippen molar-refractivity contribution in [2.24, 2.45) is 5.73 Å². The predicted octanol–water partition coefficient (Wildman–Crippen LogP) is 0.844. The molecule has 1 atom stereocenters. The first-order valence-electron chi connectivity index (χ1n) is 9.58. The van der Waals surface area contributed by atoms with E-state index in [1.54, 1.807) is 51.1 Å². The number of imide groups is 1. The molecule has 1 fully saturated rings. The van der Waals surface area contributed by atoms with Gasteiger partial charge in [0, 0.05) is 12.1 Å². The number of ether oxygens (including phenoxy) is 1. The zero-order valence-corrected chi connectivity index (χ0v) is 17.5. The SMILES string of the molecule is Cc1cc(C2(C)NC(=O)N(CC(=O)NCc3ccc(OCC(N)=O)cc3)C2=O)c(C)o1. The number of amides is 5. The molecule has 0 spiro atoms. The van der Waals surface area contributed by atoms with Crippen molar-refractivity contribution >= 4 is 23.8 Å². The lowest BCUT2D eigenvalue weighted by Gasteiger charge is -2.21. The molecule has 31 heavy (non-hydrogen) atoms. The van der Waals surface area contributed by atoms with E-state index < -0.39 is 35.8 Å². The highest BCUT2D eigenvalue weighted by Gasteiger charge is 2.51. The summed E-state index contributed by atoms with van der Waals surface area (Å²) in [5.74, 6) is 0.0406. The Kier molecular flexibility index (Phi) is 6.00. The van der Waals surface area contributed by atoms with E-state index in [1.807, 2.05) is 0 Å². The Labute approximate surface area is 178 Å². The van der Waals surface area contributed by atoms with E-state index in [4.69, 9.17) is 14.9 Å². The van der Waals surface area contributed by atoms with Crippen molar-refractivity contribution in [1.29, 1.82) is 0 Å². The Morgan fingerprint density at radius 3 is 2.48 bits per heavy atom. The Morgan fingerprint density at radius 1 is 1.23 bits per heavy atom. The van der Waals surface area contributed by atoms with Crippen molar-refractivity contribution in [3.8, 4) is 5.75 Å². The Bertz CT molecular complexity index is 1030.